The van der Waals surface area contributed by atoms with Crippen molar-refractivity contribution in [2.45, 2.75) is 13.0 Å². The number of nitro groups is 1. The van der Waals surface area contributed by atoms with Crippen LogP contribution in [0, 0.1) is 21.8 Å². The molecule has 0 aromatic heterocycles. The highest BCUT2D eigenvalue weighted by Crippen LogP contribution is 2.32. The summed E-state index contributed by atoms with van der Waals surface area (Å²) >= 11 is 0. The number of amides is 1. The van der Waals surface area contributed by atoms with Gasteiger partial charge in [-0.3, -0.25) is 25.0 Å². The van der Waals surface area contributed by atoms with E-state index in [1.54, 1.807) is 19.1 Å². The lowest BCUT2D eigenvalue weighted by Crippen LogP contribution is -2.57. The maximum atomic E-state index is 13.2. The minimum atomic E-state index is -1.20. The first-order valence-corrected chi connectivity index (χ1v) is 10.9. The van der Waals surface area contributed by atoms with Gasteiger partial charge in [-0.25, -0.2) is 9.38 Å². The number of nitrogens with one attached hydrogen (secondary N) is 1. The molecule has 1 N–H and O–H groups in total. The minimum absolute atomic E-state index is 0.0992. The van der Waals surface area contributed by atoms with Crippen LogP contribution >= 0.6 is 0 Å². The van der Waals surface area contributed by atoms with E-state index in [9.17, 15) is 24.1 Å². The molecule has 2 aliphatic rings. The third-order valence-corrected chi connectivity index (χ3v) is 5.85. The summed E-state index contributed by atoms with van der Waals surface area (Å²) in [7, 11) is 0. The molecule has 1 saturated heterocycles. The number of benzene rings is 2. The third kappa shape index (κ3) is 4.82. The van der Waals surface area contributed by atoms with Crippen molar-refractivity contribution in [3.8, 4) is 0 Å². The predicted octanol–water partition coefficient (Wildman–Crippen LogP) is 2.26. The number of hydrogen-bond acceptors (Lipinski definition) is 8. The van der Waals surface area contributed by atoms with Crippen molar-refractivity contribution in [1.82, 2.24) is 10.2 Å². The second kappa shape index (κ2) is 9.86. The minimum Gasteiger partial charge on any atom is -0.465 e. The van der Waals surface area contributed by atoms with Crippen LogP contribution in [0.15, 0.2) is 53.5 Å². The lowest BCUT2D eigenvalue weighted by Gasteiger charge is -2.39. The molecule has 2 aromatic rings. The van der Waals surface area contributed by atoms with E-state index < -0.39 is 28.8 Å². The first-order chi connectivity index (χ1) is 16.4. The average Bonchev–Trinajstić information content (AvgIpc) is 2.84. The number of carbonyl (C=O) groups excluding carboxylic acids is 2. The van der Waals surface area contributed by atoms with Crippen LogP contribution in [0.5, 0.6) is 0 Å². The fourth-order valence-electron chi connectivity index (χ4n) is 4.09. The molecule has 2 aromatic carbocycles. The van der Waals surface area contributed by atoms with Gasteiger partial charge in [-0.15, -0.1) is 0 Å². The Bertz CT molecular complexity index is 1100. The van der Waals surface area contributed by atoms with Crippen molar-refractivity contribution in [1.29, 1.82) is 0 Å². The summed E-state index contributed by atoms with van der Waals surface area (Å²) in [4.78, 5) is 44.7. The molecule has 4 rings (SSSR count). The van der Waals surface area contributed by atoms with Gasteiger partial charge in [0.2, 0.25) is 11.9 Å². The first-order valence-electron chi connectivity index (χ1n) is 10.9. The smallest absolute Gasteiger partial charge is 0.321 e. The van der Waals surface area contributed by atoms with E-state index in [0.29, 0.717) is 37.7 Å². The molecular weight excluding hydrogens is 445 g/mol. The second-order valence-corrected chi connectivity index (χ2v) is 7.92. The summed E-state index contributed by atoms with van der Waals surface area (Å²) in [6.45, 7) is 4.11. The topological polar surface area (TPSA) is 117 Å². The molecule has 0 bridgehead atoms. The number of carbonyl (C=O) groups is 2. The highest BCUT2D eigenvalue weighted by Gasteiger charge is 2.42. The maximum Gasteiger partial charge on any atom is 0.321 e. The van der Waals surface area contributed by atoms with Crippen LogP contribution < -0.4 is 10.2 Å². The molecule has 2 unspecified atom stereocenters. The quantitative estimate of drug-likeness (QED) is 0.309. The number of ether oxygens (including phenoxy) is 1. The molecule has 2 aliphatic heterocycles. The molecular formula is C23H24FN5O5. The van der Waals surface area contributed by atoms with Crippen molar-refractivity contribution < 1.29 is 23.6 Å². The van der Waals surface area contributed by atoms with E-state index in [2.05, 4.69) is 15.2 Å². The molecule has 1 amide bonds. The van der Waals surface area contributed by atoms with Crippen molar-refractivity contribution in [3.05, 3.63) is 70.0 Å². The Labute approximate surface area is 195 Å². The zero-order valence-corrected chi connectivity index (χ0v) is 18.5. The Kier molecular flexibility index (Phi) is 6.71. The molecule has 0 spiro atoms. The number of aliphatic imine (C=N–C) groups is 1. The molecule has 1 fully saturated rings. The fourth-order valence-corrected chi connectivity index (χ4v) is 4.09. The van der Waals surface area contributed by atoms with Crippen LogP contribution in [0.2, 0.25) is 0 Å². The van der Waals surface area contributed by atoms with E-state index in [-0.39, 0.29) is 18.1 Å². The van der Waals surface area contributed by atoms with Crippen molar-refractivity contribution in [2.75, 3.05) is 37.7 Å². The number of rotatable bonds is 5. The van der Waals surface area contributed by atoms with Crippen LogP contribution in [0.25, 0.3) is 0 Å². The summed E-state index contributed by atoms with van der Waals surface area (Å²) in [5.74, 6) is -2.39. The van der Waals surface area contributed by atoms with Crippen LogP contribution in [0.3, 0.4) is 0 Å². The number of anilines is 1. The normalized spacial score (nSPS) is 20.4. The van der Waals surface area contributed by atoms with Gasteiger partial charge in [0.15, 0.2) is 5.92 Å². The first kappa shape index (κ1) is 23.1. The predicted molar refractivity (Wildman–Crippen MR) is 122 cm³/mol. The summed E-state index contributed by atoms with van der Waals surface area (Å²) in [6.07, 6.45) is 0. The third-order valence-electron chi connectivity index (χ3n) is 5.85. The number of halogens is 1. The Morgan fingerprint density at radius 2 is 1.74 bits per heavy atom. The number of nitro benzene ring substituents is 1. The lowest BCUT2D eigenvalue weighted by atomic mass is 9.91. The van der Waals surface area contributed by atoms with E-state index in [1.807, 2.05) is 4.90 Å². The van der Waals surface area contributed by atoms with Crippen LogP contribution in [0.4, 0.5) is 15.8 Å². The molecule has 10 nitrogen and oxygen atoms in total. The number of non-ortho nitro benzene ring substituents is 1. The van der Waals surface area contributed by atoms with Crippen LogP contribution in [-0.4, -0.2) is 60.4 Å². The van der Waals surface area contributed by atoms with Crippen LogP contribution in [-0.2, 0) is 14.3 Å². The van der Waals surface area contributed by atoms with Gasteiger partial charge >= 0.3 is 5.97 Å². The van der Waals surface area contributed by atoms with Gasteiger partial charge in [-0.2, -0.15) is 0 Å². The van der Waals surface area contributed by atoms with E-state index in [4.69, 9.17) is 4.74 Å². The Hall–Kier alpha value is -4.02. The molecule has 0 aliphatic carbocycles. The molecule has 34 heavy (non-hydrogen) atoms. The molecule has 2 atom stereocenters. The Morgan fingerprint density at radius 1 is 1.12 bits per heavy atom. The number of guanidine groups is 1. The Balaban J connectivity index is 1.57. The van der Waals surface area contributed by atoms with E-state index >= 15 is 0 Å². The standard InChI is InChI=1S/C23H24FN5O5/c1-2-34-22(31)19-20(15-3-7-18(8-4-15)29(32)33)25-23(26-21(19)30)28-13-11-27(12-14-28)17-9-5-16(24)6-10-17/h3-10,19-20H,2,11-14H2,1H3,(H,25,26,30). The van der Waals surface area contributed by atoms with Gasteiger partial charge in [0.25, 0.3) is 5.69 Å². The van der Waals surface area contributed by atoms with E-state index in [0.717, 1.165) is 5.69 Å². The molecule has 0 radical (unpaired) electrons. The number of hydrogen-bond donors (Lipinski definition) is 1. The van der Waals surface area contributed by atoms with Gasteiger partial charge in [0.05, 0.1) is 11.5 Å². The summed E-state index contributed by atoms with van der Waals surface area (Å²) in [5, 5.41) is 13.7. The van der Waals surface area contributed by atoms with Crippen molar-refractivity contribution in [2.24, 2.45) is 10.9 Å². The second-order valence-electron chi connectivity index (χ2n) is 7.92. The molecule has 11 heteroatoms. The van der Waals surface area contributed by atoms with Gasteiger partial charge in [-0.05, 0) is 36.8 Å². The van der Waals surface area contributed by atoms with Crippen molar-refractivity contribution in [3.63, 3.8) is 0 Å². The van der Waals surface area contributed by atoms with E-state index in [1.165, 1.54) is 36.4 Å². The zero-order chi connectivity index (χ0) is 24.2. The van der Waals surface area contributed by atoms with Crippen LogP contribution in [0.1, 0.15) is 18.5 Å². The summed E-state index contributed by atoms with van der Waals surface area (Å²) in [6, 6.07) is 11.0. The highest BCUT2D eigenvalue weighted by molar-refractivity contribution is 6.08. The molecule has 178 valence electrons. The van der Waals surface area contributed by atoms with Gasteiger partial charge in [-0.1, -0.05) is 12.1 Å². The highest BCUT2D eigenvalue weighted by atomic mass is 19.1. The molecule has 0 saturated carbocycles. The van der Waals surface area contributed by atoms with Gasteiger partial charge < -0.3 is 14.5 Å². The van der Waals surface area contributed by atoms with Crippen molar-refractivity contribution >= 4 is 29.2 Å². The monoisotopic (exact) mass is 469 g/mol. The number of piperazine rings is 1. The summed E-state index contributed by atoms with van der Waals surface area (Å²) < 4.78 is 18.3. The zero-order valence-electron chi connectivity index (χ0n) is 18.5. The van der Waals surface area contributed by atoms with Gasteiger partial charge in [0.1, 0.15) is 11.9 Å². The SMILES string of the molecule is CCOC(=O)C1C(=O)NC(N2CCN(c3ccc(F)cc3)CC2)=NC1c1ccc([N+](=O)[O-])cc1. The number of esters is 1. The Morgan fingerprint density at radius 3 is 2.32 bits per heavy atom. The number of nitrogens with zero attached hydrogens (tertiary/aromatic N) is 4. The lowest BCUT2D eigenvalue weighted by molar-refractivity contribution is -0.384. The average molecular weight is 469 g/mol. The molecule has 2 heterocycles. The fraction of sp³-hybridized carbons (Fsp3) is 0.348. The summed E-state index contributed by atoms with van der Waals surface area (Å²) in [5.41, 5.74) is 1.31. The largest absolute Gasteiger partial charge is 0.465 e. The van der Waals surface area contributed by atoms with Gasteiger partial charge in [0, 0.05) is 44.0 Å². The maximum absolute atomic E-state index is 13.2.